The van der Waals surface area contributed by atoms with Gasteiger partial charge in [0.15, 0.2) is 0 Å². The quantitative estimate of drug-likeness (QED) is 0.276. The number of nitrogens with two attached hydrogens (primary N) is 1. The van der Waals surface area contributed by atoms with Crippen molar-refractivity contribution in [3.05, 3.63) is 35.0 Å². The molecule has 0 spiro atoms. The van der Waals surface area contributed by atoms with Crippen molar-refractivity contribution in [3.63, 3.8) is 0 Å². The number of amides is 1. The van der Waals surface area contributed by atoms with Crippen LogP contribution in [0.1, 0.15) is 20.3 Å². The summed E-state index contributed by atoms with van der Waals surface area (Å²) in [4.78, 5) is 14.4. The molecule has 6 nitrogen and oxygen atoms in total. The summed E-state index contributed by atoms with van der Waals surface area (Å²) >= 11 is 6.01. The van der Waals surface area contributed by atoms with E-state index in [1.807, 2.05) is 6.07 Å². The normalized spacial score (nSPS) is 11.2. The molecule has 0 aliphatic rings. The predicted octanol–water partition coefficient (Wildman–Crippen LogP) is 2.59. The molecule has 0 heterocycles. The van der Waals surface area contributed by atoms with Crippen molar-refractivity contribution in [2.45, 2.75) is 20.3 Å². The summed E-state index contributed by atoms with van der Waals surface area (Å²) in [5.41, 5.74) is 6.52. The fraction of sp³-hybridized carbons (Fsp3) is 0.412. The molecule has 0 fully saturated rings. The van der Waals surface area contributed by atoms with Crippen LogP contribution in [0.15, 0.2) is 30.0 Å². The van der Waals surface area contributed by atoms with Gasteiger partial charge in [-0.2, -0.15) is 5.26 Å². The lowest BCUT2D eigenvalue weighted by Gasteiger charge is -2.17. The van der Waals surface area contributed by atoms with Crippen molar-refractivity contribution in [1.82, 2.24) is 10.2 Å². The maximum atomic E-state index is 12.1. The molecule has 4 N–H and O–H groups in total. The van der Waals surface area contributed by atoms with E-state index < -0.39 is 5.91 Å². The first kappa shape index (κ1) is 19.8. The summed E-state index contributed by atoms with van der Waals surface area (Å²) in [7, 11) is 0. The largest absolute Gasteiger partial charge is 0.399 e. The molecule has 0 bridgehead atoms. The van der Waals surface area contributed by atoms with Crippen molar-refractivity contribution in [3.8, 4) is 6.07 Å². The first-order valence-electron chi connectivity index (χ1n) is 7.94. The summed E-state index contributed by atoms with van der Waals surface area (Å²) in [5.74, 6) is -0.514. The predicted molar refractivity (Wildman–Crippen MR) is 98.6 cm³/mol. The van der Waals surface area contributed by atoms with Crippen molar-refractivity contribution >= 4 is 28.9 Å². The molecule has 0 unspecified atom stereocenters. The highest BCUT2D eigenvalue weighted by Crippen LogP contribution is 2.24. The minimum absolute atomic E-state index is 0.00858. The highest BCUT2D eigenvalue weighted by atomic mass is 35.5. The van der Waals surface area contributed by atoms with Crippen LogP contribution < -0.4 is 16.4 Å². The van der Waals surface area contributed by atoms with E-state index >= 15 is 0 Å². The van der Waals surface area contributed by atoms with Crippen molar-refractivity contribution in [2.24, 2.45) is 0 Å². The van der Waals surface area contributed by atoms with Gasteiger partial charge in [0.2, 0.25) is 0 Å². The number of benzene rings is 1. The molecule has 0 radical (unpaired) electrons. The zero-order chi connectivity index (χ0) is 17.9. The van der Waals surface area contributed by atoms with Crippen LogP contribution >= 0.6 is 11.6 Å². The lowest BCUT2D eigenvalue weighted by Crippen LogP contribution is -2.26. The molecule has 130 valence electrons. The third kappa shape index (κ3) is 6.49. The number of hydrogen-bond donors (Lipinski definition) is 3. The SMILES string of the molecule is CCN(CC)CCCN/C=C(/C#N)C(=O)Nc1ccc(N)cc1Cl. The Hall–Kier alpha value is -2.23. The lowest BCUT2D eigenvalue weighted by molar-refractivity contribution is -0.112. The van der Waals surface area contributed by atoms with Gasteiger partial charge >= 0.3 is 0 Å². The van der Waals surface area contributed by atoms with Crippen LogP contribution in [0.4, 0.5) is 11.4 Å². The van der Waals surface area contributed by atoms with Crippen LogP contribution in [0, 0.1) is 11.3 Å². The molecule has 1 amide bonds. The minimum atomic E-state index is -0.514. The van der Waals surface area contributed by atoms with Crippen LogP contribution in [0.2, 0.25) is 5.02 Å². The summed E-state index contributed by atoms with van der Waals surface area (Å²) in [6.45, 7) is 7.94. The number of carbonyl (C=O) groups excluding carboxylic acids is 1. The third-order valence-electron chi connectivity index (χ3n) is 3.54. The number of halogens is 1. The van der Waals surface area contributed by atoms with Gasteiger partial charge in [-0.1, -0.05) is 25.4 Å². The minimum Gasteiger partial charge on any atom is -0.399 e. The topological polar surface area (TPSA) is 94.2 Å². The van der Waals surface area contributed by atoms with Crippen molar-refractivity contribution < 1.29 is 4.79 Å². The molecule has 1 rings (SSSR count). The van der Waals surface area contributed by atoms with Crippen LogP contribution in [0.5, 0.6) is 0 Å². The molecule has 0 saturated heterocycles. The average molecular weight is 350 g/mol. The maximum absolute atomic E-state index is 12.1. The van der Waals surface area contributed by atoms with Crippen LogP contribution in [0.25, 0.3) is 0 Å². The molecule has 1 aromatic rings. The second kappa shape index (κ2) is 10.5. The number of carbonyl (C=O) groups is 1. The number of nitrogens with one attached hydrogen (secondary N) is 2. The summed E-state index contributed by atoms with van der Waals surface area (Å²) < 4.78 is 0. The molecule has 0 aliphatic carbocycles. The summed E-state index contributed by atoms with van der Waals surface area (Å²) in [6, 6.07) is 6.65. The Balaban J connectivity index is 2.52. The standard InChI is InChI=1S/C17H24ClN5O/c1-3-23(4-2)9-5-8-21-12-13(11-19)17(24)22-16-7-6-14(20)10-15(16)18/h6-7,10,12,21H,3-5,8-9,20H2,1-2H3,(H,22,24)/b13-12-. The van der Waals surface area contributed by atoms with E-state index in [-0.39, 0.29) is 5.57 Å². The fourth-order valence-corrected chi connectivity index (χ4v) is 2.33. The summed E-state index contributed by atoms with van der Waals surface area (Å²) in [5, 5.41) is 15.1. The Kier molecular flexibility index (Phi) is 8.69. The van der Waals surface area contributed by atoms with E-state index in [9.17, 15) is 4.79 Å². The summed E-state index contributed by atoms with van der Waals surface area (Å²) in [6.07, 6.45) is 2.37. The van der Waals surface area contributed by atoms with Gasteiger partial charge in [-0.15, -0.1) is 0 Å². The molecule has 1 aromatic carbocycles. The molecule has 0 aromatic heterocycles. The number of anilines is 2. The van der Waals surface area contributed by atoms with Crippen LogP contribution in [-0.2, 0) is 4.79 Å². The first-order valence-corrected chi connectivity index (χ1v) is 8.32. The van der Waals surface area contributed by atoms with Gasteiger partial charge in [0.05, 0.1) is 10.7 Å². The van der Waals surface area contributed by atoms with E-state index in [0.717, 1.165) is 26.1 Å². The lowest BCUT2D eigenvalue weighted by atomic mass is 10.2. The average Bonchev–Trinajstić information content (AvgIpc) is 2.57. The van der Waals surface area contributed by atoms with Gasteiger partial charge in [-0.25, -0.2) is 0 Å². The van der Waals surface area contributed by atoms with Crippen LogP contribution in [0.3, 0.4) is 0 Å². The van der Waals surface area contributed by atoms with Gasteiger partial charge in [-0.3, -0.25) is 4.79 Å². The first-order chi connectivity index (χ1) is 11.5. The zero-order valence-corrected chi connectivity index (χ0v) is 14.9. The monoisotopic (exact) mass is 349 g/mol. The molecule has 7 heteroatoms. The molecular formula is C17H24ClN5O. The van der Waals surface area contributed by atoms with E-state index in [1.165, 1.54) is 6.20 Å². The van der Waals surface area contributed by atoms with Crippen molar-refractivity contribution in [1.29, 1.82) is 5.26 Å². The van der Waals surface area contributed by atoms with E-state index in [2.05, 4.69) is 29.4 Å². The van der Waals surface area contributed by atoms with Gasteiger partial charge < -0.3 is 21.3 Å². The molecular weight excluding hydrogens is 326 g/mol. The van der Waals surface area contributed by atoms with Gasteiger partial charge in [0.25, 0.3) is 5.91 Å². The van der Waals surface area contributed by atoms with E-state index in [0.29, 0.717) is 22.9 Å². The Morgan fingerprint density at radius 1 is 1.42 bits per heavy atom. The zero-order valence-electron chi connectivity index (χ0n) is 14.1. The third-order valence-corrected chi connectivity index (χ3v) is 3.86. The van der Waals surface area contributed by atoms with E-state index in [1.54, 1.807) is 18.2 Å². The molecule has 0 atom stereocenters. The maximum Gasteiger partial charge on any atom is 0.267 e. The fourth-order valence-electron chi connectivity index (χ4n) is 2.09. The molecule has 24 heavy (non-hydrogen) atoms. The number of rotatable bonds is 9. The highest BCUT2D eigenvalue weighted by Gasteiger charge is 2.11. The van der Waals surface area contributed by atoms with E-state index in [4.69, 9.17) is 22.6 Å². The molecule has 0 aliphatic heterocycles. The number of hydrogen-bond acceptors (Lipinski definition) is 5. The van der Waals surface area contributed by atoms with Crippen molar-refractivity contribution in [2.75, 3.05) is 37.2 Å². The second-order valence-corrected chi connectivity index (χ2v) is 5.60. The number of nitriles is 1. The van der Waals surface area contributed by atoms with Crippen LogP contribution in [-0.4, -0.2) is 37.0 Å². The molecule has 0 saturated carbocycles. The Morgan fingerprint density at radius 2 is 2.12 bits per heavy atom. The second-order valence-electron chi connectivity index (χ2n) is 5.20. The van der Waals surface area contributed by atoms with Gasteiger partial charge in [0, 0.05) is 18.4 Å². The Morgan fingerprint density at radius 3 is 2.71 bits per heavy atom. The smallest absolute Gasteiger partial charge is 0.267 e. The Bertz CT molecular complexity index is 620. The highest BCUT2D eigenvalue weighted by molar-refractivity contribution is 6.34. The van der Waals surface area contributed by atoms with Gasteiger partial charge in [-0.05, 0) is 44.3 Å². The number of nitrogens with zero attached hydrogens (tertiary/aromatic N) is 2. The Labute approximate surface area is 148 Å². The van der Waals surface area contributed by atoms with Gasteiger partial charge in [0.1, 0.15) is 11.6 Å². The number of nitrogen functional groups attached to an aromatic ring is 1.